The summed E-state index contributed by atoms with van der Waals surface area (Å²) >= 11 is 1.63. The fourth-order valence-electron chi connectivity index (χ4n) is 1.96. The van der Waals surface area contributed by atoms with Crippen LogP contribution in [0.15, 0.2) is 18.2 Å². The molecule has 2 aromatic rings. The van der Waals surface area contributed by atoms with Crippen LogP contribution in [0.25, 0.3) is 0 Å². The number of nitrogens with one attached hydrogen (secondary N) is 1. The first-order valence-corrected chi connectivity index (χ1v) is 7.46. The number of anilines is 2. The van der Waals surface area contributed by atoms with Gasteiger partial charge in [0.05, 0.1) is 25.6 Å². The molecule has 21 heavy (non-hydrogen) atoms. The van der Waals surface area contributed by atoms with Gasteiger partial charge in [-0.2, -0.15) is 4.98 Å². The highest BCUT2D eigenvalue weighted by Crippen LogP contribution is 2.31. The highest BCUT2D eigenvalue weighted by atomic mass is 32.1. The predicted octanol–water partition coefficient (Wildman–Crippen LogP) is 3.15. The minimum Gasteiger partial charge on any atom is -0.496 e. The van der Waals surface area contributed by atoms with Gasteiger partial charge in [0.2, 0.25) is 5.88 Å². The third kappa shape index (κ3) is 3.58. The summed E-state index contributed by atoms with van der Waals surface area (Å²) in [6, 6.07) is 6.04. The molecule has 1 aromatic carbocycles. The van der Waals surface area contributed by atoms with E-state index in [4.69, 9.17) is 9.47 Å². The van der Waals surface area contributed by atoms with E-state index in [2.05, 4.69) is 16.4 Å². The molecular formula is C15H21N3O2S. The van der Waals surface area contributed by atoms with Crippen molar-refractivity contribution in [1.29, 1.82) is 0 Å². The number of benzene rings is 1. The smallest absolute Gasteiger partial charge is 0.231 e. The highest BCUT2D eigenvalue weighted by Gasteiger charge is 2.13. The zero-order valence-corrected chi connectivity index (χ0v) is 13.9. The average Bonchev–Trinajstić information content (AvgIpc) is 2.88. The maximum atomic E-state index is 5.34. The maximum absolute atomic E-state index is 5.34. The summed E-state index contributed by atoms with van der Waals surface area (Å²) in [6.45, 7) is 2.71. The van der Waals surface area contributed by atoms with Crippen LogP contribution >= 0.6 is 11.3 Å². The van der Waals surface area contributed by atoms with Gasteiger partial charge < -0.3 is 19.7 Å². The van der Waals surface area contributed by atoms with E-state index >= 15 is 0 Å². The molecule has 0 bridgehead atoms. The van der Waals surface area contributed by atoms with Crippen LogP contribution in [0.1, 0.15) is 10.4 Å². The van der Waals surface area contributed by atoms with E-state index < -0.39 is 0 Å². The van der Waals surface area contributed by atoms with E-state index in [9.17, 15) is 0 Å². The molecule has 2 rings (SSSR count). The van der Waals surface area contributed by atoms with Crippen LogP contribution < -0.4 is 19.7 Å². The summed E-state index contributed by atoms with van der Waals surface area (Å²) in [4.78, 5) is 7.51. The molecule has 114 valence electrons. The second-order valence-electron chi connectivity index (χ2n) is 4.86. The third-order valence-electron chi connectivity index (χ3n) is 3.07. The molecule has 1 aromatic heterocycles. The molecule has 0 fully saturated rings. The Balaban J connectivity index is 2.10. The van der Waals surface area contributed by atoms with E-state index in [0.717, 1.165) is 27.0 Å². The van der Waals surface area contributed by atoms with Crippen molar-refractivity contribution < 1.29 is 9.47 Å². The van der Waals surface area contributed by atoms with Crippen molar-refractivity contribution in [2.45, 2.75) is 13.5 Å². The molecule has 0 amide bonds. The van der Waals surface area contributed by atoms with Crippen molar-refractivity contribution in [2.75, 3.05) is 38.5 Å². The Morgan fingerprint density at radius 3 is 2.57 bits per heavy atom. The van der Waals surface area contributed by atoms with Crippen molar-refractivity contribution in [2.24, 2.45) is 0 Å². The topological polar surface area (TPSA) is 46.6 Å². The van der Waals surface area contributed by atoms with Gasteiger partial charge >= 0.3 is 0 Å². The van der Waals surface area contributed by atoms with Crippen LogP contribution in [-0.2, 0) is 6.54 Å². The lowest BCUT2D eigenvalue weighted by molar-refractivity contribution is 0.397. The Morgan fingerprint density at radius 1 is 1.24 bits per heavy atom. The second kappa shape index (κ2) is 6.67. The minimum atomic E-state index is 0.681. The van der Waals surface area contributed by atoms with E-state index in [1.165, 1.54) is 0 Å². The summed E-state index contributed by atoms with van der Waals surface area (Å²) in [7, 11) is 7.28. The molecule has 6 heteroatoms. The van der Waals surface area contributed by atoms with Crippen LogP contribution in [0, 0.1) is 6.92 Å². The molecule has 1 N–H and O–H groups in total. The zero-order chi connectivity index (χ0) is 15.4. The number of methoxy groups -OCH3 is 2. The third-order valence-corrected chi connectivity index (χ3v) is 4.28. The normalized spacial score (nSPS) is 10.3. The quantitative estimate of drug-likeness (QED) is 0.888. The summed E-state index contributed by atoms with van der Waals surface area (Å²) in [5, 5.41) is 4.34. The highest BCUT2D eigenvalue weighted by molar-refractivity contribution is 7.15. The van der Waals surface area contributed by atoms with Gasteiger partial charge in [0.1, 0.15) is 5.75 Å². The number of ether oxygens (including phenoxy) is 2. The first-order chi connectivity index (χ1) is 10.0. The Kier molecular flexibility index (Phi) is 4.90. The van der Waals surface area contributed by atoms with Crippen molar-refractivity contribution in [1.82, 2.24) is 4.98 Å². The molecule has 0 radical (unpaired) electrons. The fraction of sp³-hybridized carbons (Fsp3) is 0.400. The number of aromatic nitrogens is 1. The van der Waals surface area contributed by atoms with Crippen molar-refractivity contribution in [3.05, 3.63) is 28.6 Å². The van der Waals surface area contributed by atoms with Gasteiger partial charge in [-0.1, -0.05) is 11.3 Å². The molecule has 0 saturated heterocycles. The van der Waals surface area contributed by atoms with Gasteiger partial charge in [0, 0.05) is 19.8 Å². The molecule has 5 nitrogen and oxygen atoms in total. The van der Waals surface area contributed by atoms with E-state index in [1.807, 2.05) is 38.1 Å². The molecule has 1 heterocycles. The zero-order valence-electron chi connectivity index (χ0n) is 13.1. The summed E-state index contributed by atoms with van der Waals surface area (Å²) in [5.41, 5.74) is 2.16. The molecule has 0 unspecified atom stereocenters. The number of hydrogen-bond acceptors (Lipinski definition) is 6. The maximum Gasteiger partial charge on any atom is 0.231 e. The van der Waals surface area contributed by atoms with Crippen LogP contribution in [0.4, 0.5) is 10.8 Å². The fourth-order valence-corrected chi connectivity index (χ4v) is 2.85. The number of nitrogens with zero attached hydrogens (tertiary/aromatic N) is 2. The molecule has 0 aliphatic heterocycles. The van der Waals surface area contributed by atoms with Gasteiger partial charge in [-0.3, -0.25) is 0 Å². The molecule has 0 aliphatic rings. The Hall–Kier alpha value is -1.95. The summed E-state index contributed by atoms with van der Waals surface area (Å²) < 4.78 is 10.6. The van der Waals surface area contributed by atoms with Crippen LogP contribution in [0.5, 0.6) is 11.6 Å². The standard InChI is InChI=1S/C15H21N3O2S/c1-10-8-11(6-7-12(10)19-4)16-9-13-14(20-5)17-15(21-13)18(2)3/h6-8,16H,9H2,1-5H3. The van der Waals surface area contributed by atoms with Crippen molar-refractivity contribution in [3.63, 3.8) is 0 Å². The first kappa shape index (κ1) is 15.4. The van der Waals surface area contributed by atoms with E-state index in [-0.39, 0.29) is 0 Å². The van der Waals surface area contributed by atoms with Gasteiger partial charge in [-0.15, -0.1) is 0 Å². The molecule has 0 aliphatic carbocycles. The second-order valence-corrected chi connectivity index (χ2v) is 5.92. The van der Waals surface area contributed by atoms with Gasteiger partial charge in [-0.25, -0.2) is 0 Å². The lowest BCUT2D eigenvalue weighted by Crippen LogP contribution is -2.07. The lowest BCUT2D eigenvalue weighted by Gasteiger charge is -2.09. The van der Waals surface area contributed by atoms with E-state index in [1.54, 1.807) is 25.6 Å². The predicted molar refractivity (Wildman–Crippen MR) is 88.1 cm³/mol. The van der Waals surface area contributed by atoms with Crippen molar-refractivity contribution >= 4 is 22.2 Å². The largest absolute Gasteiger partial charge is 0.496 e. The number of hydrogen-bond donors (Lipinski definition) is 1. The van der Waals surface area contributed by atoms with Crippen molar-refractivity contribution in [3.8, 4) is 11.6 Å². The van der Waals surface area contributed by atoms with Gasteiger partial charge in [-0.05, 0) is 30.7 Å². The molecule has 0 atom stereocenters. The van der Waals surface area contributed by atoms with Gasteiger partial charge in [0.15, 0.2) is 5.13 Å². The number of aryl methyl sites for hydroxylation is 1. The number of thiazole rings is 1. The Labute approximate surface area is 129 Å². The van der Waals surface area contributed by atoms with Crippen LogP contribution in [0.3, 0.4) is 0 Å². The lowest BCUT2D eigenvalue weighted by atomic mass is 10.2. The Morgan fingerprint density at radius 2 is 2.00 bits per heavy atom. The monoisotopic (exact) mass is 307 g/mol. The molecule has 0 spiro atoms. The van der Waals surface area contributed by atoms with E-state index in [0.29, 0.717) is 12.4 Å². The van der Waals surface area contributed by atoms with Crippen LogP contribution in [-0.4, -0.2) is 33.3 Å². The summed E-state index contributed by atoms with van der Waals surface area (Å²) in [5.74, 6) is 1.58. The first-order valence-electron chi connectivity index (χ1n) is 6.64. The van der Waals surface area contributed by atoms with Gasteiger partial charge in [0.25, 0.3) is 0 Å². The molecular weight excluding hydrogens is 286 g/mol. The Bertz CT molecular complexity index is 611. The molecule has 0 saturated carbocycles. The minimum absolute atomic E-state index is 0.681. The van der Waals surface area contributed by atoms with Crippen LogP contribution in [0.2, 0.25) is 0 Å². The summed E-state index contributed by atoms with van der Waals surface area (Å²) in [6.07, 6.45) is 0. The average molecular weight is 307 g/mol. The SMILES string of the molecule is COc1ccc(NCc2sc(N(C)C)nc2OC)cc1C. The number of rotatable bonds is 6.